The number of thioether (sulfide) groups is 1. The van der Waals surface area contributed by atoms with E-state index in [-0.39, 0.29) is 16.1 Å². The SMILES string of the molecule is Cc1ccc(S(=O)(=O)Nc2ccc(SC(C)C(=O)Nc3cc(C)on3)cc2)cc1. The number of benzene rings is 2. The highest BCUT2D eigenvalue weighted by Crippen LogP contribution is 2.26. The zero-order valence-electron chi connectivity index (χ0n) is 16.2. The van der Waals surface area contributed by atoms with E-state index < -0.39 is 10.0 Å². The molecule has 0 aliphatic heterocycles. The summed E-state index contributed by atoms with van der Waals surface area (Å²) >= 11 is 1.35. The van der Waals surface area contributed by atoms with Gasteiger partial charge in [0.05, 0.1) is 10.1 Å². The molecule has 9 heteroatoms. The van der Waals surface area contributed by atoms with Crippen molar-refractivity contribution in [3.63, 3.8) is 0 Å². The third-order valence-electron chi connectivity index (χ3n) is 4.00. The Balaban J connectivity index is 1.60. The third-order valence-corrected chi connectivity index (χ3v) is 6.51. The summed E-state index contributed by atoms with van der Waals surface area (Å²) < 4.78 is 32.4. The van der Waals surface area contributed by atoms with Crippen molar-refractivity contribution in [1.82, 2.24) is 5.16 Å². The zero-order chi connectivity index (χ0) is 21.0. The number of carbonyl (C=O) groups is 1. The minimum Gasteiger partial charge on any atom is -0.360 e. The molecule has 3 aromatic rings. The van der Waals surface area contributed by atoms with Crippen LogP contribution in [0.25, 0.3) is 0 Å². The number of anilines is 2. The number of sulfonamides is 1. The molecular weight excluding hydrogens is 410 g/mol. The Hall–Kier alpha value is -2.78. The Labute approximate surface area is 173 Å². The Morgan fingerprint density at radius 1 is 1.07 bits per heavy atom. The lowest BCUT2D eigenvalue weighted by atomic mass is 10.2. The summed E-state index contributed by atoms with van der Waals surface area (Å²) in [4.78, 5) is 13.3. The maximum absolute atomic E-state index is 12.5. The summed E-state index contributed by atoms with van der Waals surface area (Å²) in [6.07, 6.45) is 0. The fraction of sp³-hybridized carbons (Fsp3) is 0.200. The summed E-state index contributed by atoms with van der Waals surface area (Å²) in [7, 11) is -3.65. The smallest absolute Gasteiger partial charge is 0.261 e. The fourth-order valence-corrected chi connectivity index (χ4v) is 4.37. The highest BCUT2D eigenvalue weighted by Gasteiger charge is 2.17. The molecule has 1 aromatic heterocycles. The lowest BCUT2D eigenvalue weighted by Gasteiger charge is -2.12. The Morgan fingerprint density at radius 3 is 2.31 bits per heavy atom. The molecule has 1 unspecified atom stereocenters. The van der Waals surface area contributed by atoms with Crippen molar-refractivity contribution in [2.45, 2.75) is 35.8 Å². The molecule has 0 aliphatic carbocycles. The maximum atomic E-state index is 12.5. The summed E-state index contributed by atoms with van der Waals surface area (Å²) in [6.45, 7) is 5.42. The topological polar surface area (TPSA) is 101 Å². The molecule has 0 saturated carbocycles. The van der Waals surface area contributed by atoms with Crippen LogP contribution in [0.3, 0.4) is 0 Å². The van der Waals surface area contributed by atoms with Crippen molar-refractivity contribution in [3.8, 4) is 0 Å². The van der Waals surface area contributed by atoms with Crippen molar-refractivity contribution >= 4 is 39.2 Å². The van der Waals surface area contributed by atoms with Crippen molar-refractivity contribution in [2.24, 2.45) is 0 Å². The second-order valence-corrected chi connectivity index (χ2v) is 9.61. The van der Waals surface area contributed by atoms with Gasteiger partial charge in [-0.25, -0.2) is 8.42 Å². The molecule has 0 fully saturated rings. The van der Waals surface area contributed by atoms with E-state index in [1.54, 1.807) is 68.4 Å². The van der Waals surface area contributed by atoms with Crippen LogP contribution < -0.4 is 10.0 Å². The van der Waals surface area contributed by atoms with E-state index in [2.05, 4.69) is 15.2 Å². The molecule has 2 N–H and O–H groups in total. The molecule has 0 saturated heterocycles. The van der Waals surface area contributed by atoms with Crippen LogP contribution in [0.1, 0.15) is 18.2 Å². The molecule has 29 heavy (non-hydrogen) atoms. The van der Waals surface area contributed by atoms with Gasteiger partial charge in [0, 0.05) is 16.6 Å². The first-order valence-corrected chi connectivity index (χ1v) is 11.2. The number of carbonyl (C=O) groups excluding carboxylic acids is 1. The van der Waals surface area contributed by atoms with Gasteiger partial charge in [0.2, 0.25) is 5.91 Å². The van der Waals surface area contributed by atoms with Crippen LogP contribution in [0.2, 0.25) is 0 Å². The van der Waals surface area contributed by atoms with Crippen LogP contribution in [-0.2, 0) is 14.8 Å². The van der Waals surface area contributed by atoms with E-state index in [9.17, 15) is 13.2 Å². The van der Waals surface area contributed by atoms with Gasteiger partial charge in [0.25, 0.3) is 10.0 Å². The van der Waals surface area contributed by atoms with Gasteiger partial charge >= 0.3 is 0 Å². The number of hydrogen-bond donors (Lipinski definition) is 2. The minimum absolute atomic E-state index is 0.201. The summed E-state index contributed by atoms with van der Waals surface area (Å²) in [6, 6.07) is 15.1. The Morgan fingerprint density at radius 2 is 1.72 bits per heavy atom. The highest BCUT2D eigenvalue weighted by molar-refractivity contribution is 8.00. The van der Waals surface area contributed by atoms with Gasteiger partial charge in [-0.3, -0.25) is 9.52 Å². The normalized spacial score (nSPS) is 12.4. The highest BCUT2D eigenvalue weighted by atomic mass is 32.2. The zero-order valence-corrected chi connectivity index (χ0v) is 17.8. The van der Waals surface area contributed by atoms with E-state index in [0.717, 1.165) is 10.5 Å². The monoisotopic (exact) mass is 431 g/mol. The van der Waals surface area contributed by atoms with Crippen LogP contribution in [0.4, 0.5) is 11.5 Å². The largest absolute Gasteiger partial charge is 0.360 e. The molecule has 152 valence electrons. The first-order chi connectivity index (χ1) is 13.7. The quantitative estimate of drug-likeness (QED) is 0.544. The number of rotatable bonds is 7. The van der Waals surface area contributed by atoms with Crippen LogP contribution in [0.5, 0.6) is 0 Å². The summed E-state index contributed by atoms with van der Waals surface area (Å²) in [5, 5.41) is 6.06. The number of nitrogens with one attached hydrogen (secondary N) is 2. The van der Waals surface area contributed by atoms with Gasteiger partial charge in [0.1, 0.15) is 5.76 Å². The second kappa shape index (κ2) is 8.71. The number of aromatic nitrogens is 1. The average molecular weight is 432 g/mol. The molecule has 1 atom stereocenters. The lowest BCUT2D eigenvalue weighted by molar-refractivity contribution is -0.115. The van der Waals surface area contributed by atoms with Crippen LogP contribution >= 0.6 is 11.8 Å². The lowest BCUT2D eigenvalue weighted by Crippen LogP contribution is -2.22. The molecule has 7 nitrogen and oxygen atoms in total. The van der Waals surface area contributed by atoms with Gasteiger partial charge < -0.3 is 9.84 Å². The second-order valence-electron chi connectivity index (χ2n) is 6.52. The van der Waals surface area contributed by atoms with Crippen molar-refractivity contribution in [2.75, 3.05) is 10.0 Å². The van der Waals surface area contributed by atoms with Gasteiger partial charge in [-0.15, -0.1) is 11.8 Å². The Kier molecular flexibility index (Phi) is 6.29. The molecule has 0 radical (unpaired) electrons. The van der Waals surface area contributed by atoms with Crippen molar-refractivity contribution in [3.05, 3.63) is 65.9 Å². The minimum atomic E-state index is -3.65. The van der Waals surface area contributed by atoms with E-state index >= 15 is 0 Å². The van der Waals surface area contributed by atoms with Crippen molar-refractivity contribution < 1.29 is 17.7 Å². The first-order valence-electron chi connectivity index (χ1n) is 8.83. The molecule has 0 aliphatic rings. The number of amides is 1. The summed E-state index contributed by atoms with van der Waals surface area (Å²) in [5.41, 5.74) is 1.44. The predicted molar refractivity (Wildman–Crippen MR) is 114 cm³/mol. The van der Waals surface area contributed by atoms with Crippen LogP contribution in [-0.4, -0.2) is 24.7 Å². The molecular formula is C20H21N3O4S2. The maximum Gasteiger partial charge on any atom is 0.261 e. The number of hydrogen-bond acceptors (Lipinski definition) is 6. The van der Waals surface area contributed by atoms with Crippen molar-refractivity contribution in [1.29, 1.82) is 0 Å². The van der Waals surface area contributed by atoms with Gasteiger partial charge in [-0.2, -0.15) is 0 Å². The molecule has 1 amide bonds. The van der Waals surface area contributed by atoms with Gasteiger partial charge in [-0.05, 0) is 57.2 Å². The molecule has 2 aromatic carbocycles. The van der Waals surface area contributed by atoms with Gasteiger partial charge in [0.15, 0.2) is 5.82 Å². The van der Waals surface area contributed by atoms with Crippen LogP contribution in [0.15, 0.2) is 68.9 Å². The molecule has 0 bridgehead atoms. The number of nitrogens with zero attached hydrogens (tertiary/aromatic N) is 1. The summed E-state index contributed by atoms with van der Waals surface area (Å²) in [5.74, 6) is 0.789. The molecule has 1 heterocycles. The average Bonchev–Trinajstić information content (AvgIpc) is 3.08. The predicted octanol–water partition coefficient (Wildman–Crippen LogP) is 4.21. The van der Waals surface area contributed by atoms with E-state index in [1.807, 2.05) is 6.92 Å². The fourth-order valence-electron chi connectivity index (χ4n) is 2.44. The molecule has 0 spiro atoms. The van der Waals surface area contributed by atoms with Crippen LogP contribution in [0, 0.1) is 13.8 Å². The standard InChI is InChI=1S/C20H21N3O4S2/c1-13-4-10-18(11-5-13)29(25,26)23-16-6-8-17(9-7-16)28-15(3)20(24)21-19-12-14(2)27-22-19/h4-12,15,23H,1-3H3,(H,21,22,24). The van der Waals surface area contributed by atoms with Gasteiger partial charge in [-0.1, -0.05) is 22.9 Å². The van der Waals surface area contributed by atoms with E-state index in [1.165, 1.54) is 11.8 Å². The third kappa shape index (κ3) is 5.61. The number of aryl methyl sites for hydroxylation is 2. The molecule has 3 rings (SSSR count). The van der Waals surface area contributed by atoms with E-state index in [0.29, 0.717) is 17.3 Å². The van der Waals surface area contributed by atoms with E-state index in [4.69, 9.17) is 4.52 Å². The first kappa shape index (κ1) is 20.9. The Bertz CT molecular complexity index is 1090.